The Kier molecular flexibility index (Phi) is 5.83. The number of nitrogens with zero attached hydrogens (tertiary/aromatic N) is 1. The van der Waals surface area contributed by atoms with Gasteiger partial charge >= 0.3 is 0 Å². The molecule has 2 N–H and O–H groups in total. The Morgan fingerprint density at radius 2 is 1.12 bits per heavy atom. The van der Waals surface area contributed by atoms with Crippen molar-refractivity contribution in [2.75, 3.05) is 0 Å². The molecule has 4 heteroatoms. The Morgan fingerprint density at radius 3 is 1.54 bits per heavy atom. The first-order valence-electron chi connectivity index (χ1n) is 10.3. The molecule has 24 heavy (non-hydrogen) atoms. The standard InChI is InChI=1S/C20H34N2O2/c21-18(23)20(14-8-3-9-15-20)19(24)22(16-10-4-1-5-11-16)17-12-6-2-7-13-17/h16-17H,1-15H2,(H2,21,23). The van der Waals surface area contributed by atoms with Gasteiger partial charge in [-0.1, -0.05) is 57.8 Å². The normalized spacial score (nSPS) is 26.0. The van der Waals surface area contributed by atoms with Crippen LogP contribution in [0.3, 0.4) is 0 Å². The molecule has 3 saturated carbocycles. The fraction of sp³-hybridized carbons (Fsp3) is 0.900. The lowest BCUT2D eigenvalue weighted by molar-refractivity contribution is -0.157. The molecule has 3 aliphatic rings. The lowest BCUT2D eigenvalue weighted by atomic mass is 9.71. The van der Waals surface area contributed by atoms with Crippen LogP contribution in [0, 0.1) is 5.41 Å². The number of nitrogens with two attached hydrogens (primary N) is 1. The zero-order valence-corrected chi connectivity index (χ0v) is 15.1. The quantitative estimate of drug-likeness (QED) is 0.792. The Bertz CT molecular complexity index is 427. The van der Waals surface area contributed by atoms with Crippen LogP contribution in [0.5, 0.6) is 0 Å². The molecule has 0 aliphatic heterocycles. The number of amides is 2. The van der Waals surface area contributed by atoms with E-state index in [4.69, 9.17) is 5.73 Å². The Labute approximate surface area is 146 Å². The van der Waals surface area contributed by atoms with E-state index < -0.39 is 5.41 Å². The highest BCUT2D eigenvalue weighted by Gasteiger charge is 2.49. The highest BCUT2D eigenvalue weighted by molar-refractivity contribution is 6.04. The van der Waals surface area contributed by atoms with Gasteiger partial charge in [0.15, 0.2) is 0 Å². The van der Waals surface area contributed by atoms with Gasteiger partial charge in [0.2, 0.25) is 11.8 Å². The van der Waals surface area contributed by atoms with Crippen molar-refractivity contribution in [3.8, 4) is 0 Å². The minimum atomic E-state index is -0.910. The van der Waals surface area contributed by atoms with E-state index in [2.05, 4.69) is 4.90 Å². The van der Waals surface area contributed by atoms with Gasteiger partial charge in [-0.05, 0) is 38.5 Å². The summed E-state index contributed by atoms with van der Waals surface area (Å²) in [6.07, 6.45) is 16.2. The first kappa shape index (κ1) is 17.8. The first-order valence-corrected chi connectivity index (χ1v) is 10.3. The second-order valence-electron chi connectivity index (χ2n) is 8.30. The highest BCUT2D eigenvalue weighted by atomic mass is 16.2. The van der Waals surface area contributed by atoms with E-state index in [1.807, 2.05) is 0 Å². The molecule has 3 fully saturated rings. The summed E-state index contributed by atoms with van der Waals surface area (Å²) in [6, 6.07) is 0.681. The summed E-state index contributed by atoms with van der Waals surface area (Å²) >= 11 is 0. The van der Waals surface area contributed by atoms with Crippen LogP contribution in [0.1, 0.15) is 96.3 Å². The fourth-order valence-corrected chi connectivity index (χ4v) is 5.32. The molecule has 0 unspecified atom stereocenters. The van der Waals surface area contributed by atoms with Crippen LogP contribution < -0.4 is 5.73 Å². The molecule has 0 bridgehead atoms. The molecule has 2 amide bonds. The summed E-state index contributed by atoms with van der Waals surface area (Å²) in [4.78, 5) is 28.2. The zero-order valence-electron chi connectivity index (χ0n) is 15.1. The summed E-state index contributed by atoms with van der Waals surface area (Å²) in [6.45, 7) is 0. The van der Waals surface area contributed by atoms with Crippen LogP contribution in [0.4, 0.5) is 0 Å². The Hall–Kier alpha value is -1.06. The fourth-order valence-electron chi connectivity index (χ4n) is 5.32. The first-order chi connectivity index (χ1) is 11.6. The maximum Gasteiger partial charge on any atom is 0.238 e. The van der Waals surface area contributed by atoms with Crippen LogP contribution in [0.25, 0.3) is 0 Å². The van der Waals surface area contributed by atoms with Crippen LogP contribution in [-0.4, -0.2) is 28.8 Å². The lowest BCUT2D eigenvalue weighted by Gasteiger charge is -2.46. The van der Waals surface area contributed by atoms with Crippen molar-refractivity contribution in [1.82, 2.24) is 4.90 Å². The zero-order chi connectivity index (χ0) is 17.0. The van der Waals surface area contributed by atoms with E-state index in [-0.39, 0.29) is 11.8 Å². The van der Waals surface area contributed by atoms with Gasteiger partial charge in [-0.2, -0.15) is 0 Å². The summed E-state index contributed by atoms with van der Waals surface area (Å²) in [7, 11) is 0. The number of rotatable bonds is 4. The van der Waals surface area contributed by atoms with Crippen molar-refractivity contribution in [2.45, 2.75) is 108 Å². The van der Waals surface area contributed by atoms with Crippen LogP contribution in [0.2, 0.25) is 0 Å². The number of hydrogen-bond donors (Lipinski definition) is 1. The third kappa shape index (κ3) is 3.48. The second-order valence-corrected chi connectivity index (χ2v) is 8.30. The predicted octanol–water partition coefficient (Wildman–Crippen LogP) is 3.92. The minimum Gasteiger partial charge on any atom is -0.369 e. The number of hydrogen-bond acceptors (Lipinski definition) is 2. The van der Waals surface area contributed by atoms with E-state index in [0.717, 1.165) is 44.9 Å². The Balaban J connectivity index is 1.87. The molecule has 136 valence electrons. The summed E-state index contributed by atoms with van der Waals surface area (Å²) in [5.41, 5.74) is 4.90. The third-order valence-corrected chi connectivity index (χ3v) is 6.76. The van der Waals surface area contributed by atoms with Gasteiger partial charge in [0.25, 0.3) is 0 Å². The van der Waals surface area contributed by atoms with Gasteiger partial charge in [0, 0.05) is 12.1 Å². The second kappa shape index (κ2) is 7.88. The largest absolute Gasteiger partial charge is 0.369 e. The smallest absolute Gasteiger partial charge is 0.238 e. The number of carbonyl (C=O) groups excluding carboxylic acids is 2. The maximum absolute atomic E-state index is 13.7. The Morgan fingerprint density at radius 1 is 0.708 bits per heavy atom. The average molecular weight is 335 g/mol. The van der Waals surface area contributed by atoms with Crippen molar-refractivity contribution in [3.05, 3.63) is 0 Å². The highest BCUT2D eigenvalue weighted by Crippen LogP contribution is 2.41. The molecule has 3 rings (SSSR count). The van der Waals surface area contributed by atoms with E-state index in [1.165, 1.54) is 38.5 Å². The molecule has 0 radical (unpaired) electrons. The molecule has 0 aromatic heterocycles. The van der Waals surface area contributed by atoms with Gasteiger partial charge in [-0.3, -0.25) is 9.59 Å². The van der Waals surface area contributed by atoms with Crippen molar-refractivity contribution in [2.24, 2.45) is 11.1 Å². The van der Waals surface area contributed by atoms with Crippen molar-refractivity contribution >= 4 is 11.8 Å². The monoisotopic (exact) mass is 334 g/mol. The average Bonchev–Trinajstić information content (AvgIpc) is 2.64. The molecule has 0 aromatic rings. The van der Waals surface area contributed by atoms with E-state index in [1.54, 1.807) is 0 Å². The van der Waals surface area contributed by atoms with E-state index >= 15 is 0 Å². The molecular weight excluding hydrogens is 300 g/mol. The van der Waals surface area contributed by atoms with Crippen LogP contribution >= 0.6 is 0 Å². The van der Waals surface area contributed by atoms with Crippen molar-refractivity contribution < 1.29 is 9.59 Å². The van der Waals surface area contributed by atoms with Crippen molar-refractivity contribution in [1.29, 1.82) is 0 Å². The van der Waals surface area contributed by atoms with Gasteiger partial charge in [0.05, 0.1) is 0 Å². The maximum atomic E-state index is 13.7. The van der Waals surface area contributed by atoms with Gasteiger partial charge < -0.3 is 10.6 Å². The predicted molar refractivity (Wildman–Crippen MR) is 95.3 cm³/mol. The van der Waals surface area contributed by atoms with Crippen LogP contribution in [0.15, 0.2) is 0 Å². The molecule has 0 aromatic carbocycles. The van der Waals surface area contributed by atoms with Gasteiger partial charge in [-0.15, -0.1) is 0 Å². The SMILES string of the molecule is NC(=O)C1(C(=O)N(C2CCCCC2)C2CCCCC2)CCCCC1. The summed E-state index contributed by atoms with van der Waals surface area (Å²) < 4.78 is 0. The van der Waals surface area contributed by atoms with E-state index in [0.29, 0.717) is 24.9 Å². The van der Waals surface area contributed by atoms with Gasteiger partial charge in [-0.25, -0.2) is 0 Å². The number of primary amides is 1. The molecule has 0 atom stereocenters. The minimum absolute atomic E-state index is 0.0912. The molecule has 0 heterocycles. The van der Waals surface area contributed by atoms with E-state index in [9.17, 15) is 9.59 Å². The van der Waals surface area contributed by atoms with Crippen molar-refractivity contribution in [3.63, 3.8) is 0 Å². The summed E-state index contributed by atoms with van der Waals surface area (Å²) in [5.74, 6) is -0.280. The molecule has 0 saturated heterocycles. The molecular formula is C20H34N2O2. The summed E-state index contributed by atoms with van der Waals surface area (Å²) in [5, 5.41) is 0. The van der Waals surface area contributed by atoms with Crippen LogP contribution in [-0.2, 0) is 9.59 Å². The molecule has 4 nitrogen and oxygen atoms in total. The molecule has 0 spiro atoms. The third-order valence-electron chi connectivity index (χ3n) is 6.76. The number of carbonyl (C=O) groups is 2. The lowest BCUT2D eigenvalue weighted by Crippen LogP contribution is -2.58. The topological polar surface area (TPSA) is 63.4 Å². The molecule has 3 aliphatic carbocycles. The van der Waals surface area contributed by atoms with Gasteiger partial charge in [0.1, 0.15) is 5.41 Å².